The van der Waals surface area contributed by atoms with Crippen LogP contribution in [0.3, 0.4) is 0 Å². The van der Waals surface area contributed by atoms with Crippen LogP contribution in [0, 0.1) is 0 Å². The predicted octanol–water partition coefficient (Wildman–Crippen LogP) is 2.29. The second kappa shape index (κ2) is 7.01. The molecule has 0 fully saturated rings. The summed E-state index contributed by atoms with van der Waals surface area (Å²) in [7, 11) is -4.24. The first-order valence-electron chi connectivity index (χ1n) is 5.27. The average Bonchev–Trinajstić information content (AvgIpc) is 2.36. The fraction of sp³-hybridized carbons (Fsp3) is 0.0909. The Morgan fingerprint density at radius 1 is 1.37 bits per heavy atom. The maximum Gasteiger partial charge on any atom is 0.333 e. The van der Waals surface area contributed by atoms with E-state index in [-0.39, 0.29) is 13.4 Å². The van der Waals surface area contributed by atoms with Gasteiger partial charge in [0.2, 0.25) is 0 Å². The molecule has 0 aromatic heterocycles. The number of urea groups is 1. The summed E-state index contributed by atoms with van der Waals surface area (Å²) >= 11 is 0. The van der Waals surface area contributed by atoms with Gasteiger partial charge in [0.1, 0.15) is 4.65 Å². The summed E-state index contributed by atoms with van der Waals surface area (Å²) in [5.74, 6) is 0. The van der Waals surface area contributed by atoms with Crippen molar-refractivity contribution in [1.29, 1.82) is 0 Å². The van der Waals surface area contributed by atoms with Crippen molar-refractivity contribution in [3.8, 4) is 0 Å². The van der Waals surface area contributed by atoms with Crippen LogP contribution >= 0.6 is 8.73 Å². The molecule has 2 amide bonds. The number of amides is 2. The van der Waals surface area contributed by atoms with Crippen LogP contribution in [0.2, 0.25) is 0 Å². The monoisotopic (exact) mass is 299 g/mol. The number of hydrogen-bond donors (Lipinski definition) is 2. The predicted molar refractivity (Wildman–Crippen MR) is 79.1 cm³/mol. The lowest BCUT2D eigenvalue weighted by Crippen LogP contribution is -2.34. The van der Waals surface area contributed by atoms with Crippen LogP contribution in [-0.2, 0) is 10.0 Å². The Balaban J connectivity index is 2.63. The standard InChI is InChI=1S/C11H14N3O3PS/c1-3-12-18-9(2)19(16,17)14-11(15)13-10-7-5-4-6-8-10/h3-8,18H,2H2,1H3,(H2,13,14,15). The Morgan fingerprint density at radius 3 is 2.58 bits per heavy atom. The van der Waals surface area contributed by atoms with Crippen LogP contribution in [0.25, 0.3) is 0 Å². The highest BCUT2D eigenvalue weighted by molar-refractivity contribution is 8.00. The van der Waals surface area contributed by atoms with Gasteiger partial charge in [0.05, 0.1) is 0 Å². The zero-order valence-electron chi connectivity index (χ0n) is 10.3. The summed E-state index contributed by atoms with van der Waals surface area (Å²) in [6, 6.07) is 7.68. The first-order chi connectivity index (χ1) is 8.95. The molecule has 1 aromatic carbocycles. The third-order valence-electron chi connectivity index (χ3n) is 1.90. The molecule has 0 heterocycles. The molecule has 0 aliphatic carbocycles. The van der Waals surface area contributed by atoms with Gasteiger partial charge < -0.3 is 5.32 Å². The number of carbonyl (C=O) groups excluding carboxylic acids is 1. The van der Waals surface area contributed by atoms with Gasteiger partial charge in [-0.2, -0.15) is 0 Å². The highest BCUT2D eigenvalue weighted by atomic mass is 32.2. The quantitative estimate of drug-likeness (QED) is 0.646. The van der Waals surface area contributed by atoms with Gasteiger partial charge in [-0.25, -0.2) is 17.9 Å². The normalized spacial score (nSPS) is 11.8. The van der Waals surface area contributed by atoms with Crippen molar-refractivity contribution in [3.63, 3.8) is 0 Å². The van der Waals surface area contributed by atoms with Gasteiger partial charge in [0.15, 0.2) is 0 Å². The number of anilines is 1. The number of rotatable bonds is 5. The summed E-state index contributed by atoms with van der Waals surface area (Å²) in [6.07, 6.45) is 1.48. The second-order valence-corrected chi connectivity index (χ2v) is 6.50. The fourth-order valence-electron chi connectivity index (χ4n) is 1.06. The molecule has 1 unspecified atom stereocenters. The van der Waals surface area contributed by atoms with Crippen LogP contribution < -0.4 is 10.0 Å². The molecule has 1 atom stereocenters. The molecule has 0 saturated carbocycles. The molecular weight excluding hydrogens is 285 g/mol. The summed E-state index contributed by atoms with van der Waals surface area (Å²) in [4.78, 5) is 11.5. The second-order valence-electron chi connectivity index (χ2n) is 3.35. The maximum atomic E-state index is 11.7. The van der Waals surface area contributed by atoms with E-state index in [0.29, 0.717) is 5.69 Å². The largest absolute Gasteiger partial charge is 0.333 e. The lowest BCUT2D eigenvalue weighted by Gasteiger charge is -2.08. The maximum absolute atomic E-state index is 11.7. The van der Waals surface area contributed by atoms with Crippen molar-refractivity contribution in [2.75, 3.05) is 5.32 Å². The van der Waals surface area contributed by atoms with E-state index < -0.39 is 16.1 Å². The molecule has 0 saturated heterocycles. The first-order valence-corrected chi connectivity index (χ1v) is 7.70. The van der Waals surface area contributed by atoms with Crippen LogP contribution in [0.15, 0.2) is 46.3 Å². The molecular formula is C11H14N3O3PS. The number of carbonyl (C=O) groups is 1. The molecule has 1 rings (SSSR count). The van der Waals surface area contributed by atoms with Crippen molar-refractivity contribution in [2.45, 2.75) is 6.92 Å². The SMILES string of the molecule is C=C(PN=CC)S(=O)(=O)NC(=O)Nc1ccccc1. The molecule has 0 bridgehead atoms. The van der Waals surface area contributed by atoms with Gasteiger partial charge in [0, 0.05) is 20.6 Å². The highest BCUT2D eigenvalue weighted by Crippen LogP contribution is 2.26. The third-order valence-corrected chi connectivity index (χ3v) is 4.72. The summed E-state index contributed by atoms with van der Waals surface area (Å²) < 4.78 is 28.9. The zero-order chi connectivity index (χ0) is 14.3. The van der Waals surface area contributed by atoms with E-state index in [9.17, 15) is 13.2 Å². The Labute approximate surface area is 113 Å². The molecule has 0 radical (unpaired) electrons. The van der Waals surface area contributed by atoms with Crippen molar-refractivity contribution < 1.29 is 13.2 Å². The van der Waals surface area contributed by atoms with E-state index in [2.05, 4.69) is 16.7 Å². The summed E-state index contributed by atoms with van der Waals surface area (Å²) in [6.45, 7) is 5.06. The molecule has 0 spiro atoms. The lowest BCUT2D eigenvalue weighted by molar-refractivity contribution is 0.256. The highest BCUT2D eigenvalue weighted by Gasteiger charge is 2.18. The third kappa shape index (κ3) is 5.19. The van der Waals surface area contributed by atoms with Gasteiger partial charge in [-0.3, -0.25) is 4.76 Å². The minimum absolute atomic E-state index is 0.145. The minimum atomic E-state index is -3.91. The van der Waals surface area contributed by atoms with E-state index >= 15 is 0 Å². The molecule has 0 aliphatic heterocycles. The Kier molecular flexibility index (Phi) is 5.66. The molecule has 1 aromatic rings. The number of benzene rings is 1. The first kappa shape index (κ1) is 15.3. The molecule has 6 nitrogen and oxygen atoms in total. The van der Waals surface area contributed by atoms with Crippen LogP contribution in [0.1, 0.15) is 6.92 Å². The summed E-state index contributed by atoms with van der Waals surface area (Å²) in [5.41, 5.74) is 0.495. The van der Waals surface area contributed by atoms with Gasteiger partial charge in [-0.15, -0.1) is 0 Å². The lowest BCUT2D eigenvalue weighted by atomic mass is 10.3. The van der Waals surface area contributed by atoms with Crippen molar-refractivity contribution in [3.05, 3.63) is 41.6 Å². The number of nitrogens with one attached hydrogen (secondary N) is 2. The molecule has 2 N–H and O–H groups in total. The number of para-hydroxylation sites is 1. The van der Waals surface area contributed by atoms with Crippen LogP contribution in [0.4, 0.5) is 10.5 Å². The van der Waals surface area contributed by atoms with Crippen LogP contribution in [0.5, 0.6) is 0 Å². The van der Waals surface area contributed by atoms with E-state index in [1.54, 1.807) is 37.3 Å². The Hall–Kier alpha value is -1.72. The van der Waals surface area contributed by atoms with Crippen molar-refractivity contribution in [2.24, 2.45) is 4.76 Å². The number of nitrogens with zero attached hydrogens (tertiary/aromatic N) is 1. The van der Waals surface area contributed by atoms with E-state index in [1.165, 1.54) is 6.21 Å². The van der Waals surface area contributed by atoms with Gasteiger partial charge >= 0.3 is 6.03 Å². The molecule has 102 valence electrons. The van der Waals surface area contributed by atoms with Gasteiger partial charge in [-0.1, -0.05) is 24.8 Å². The fourth-order valence-corrected chi connectivity index (χ4v) is 2.54. The van der Waals surface area contributed by atoms with Crippen LogP contribution in [-0.4, -0.2) is 20.7 Å². The van der Waals surface area contributed by atoms with Gasteiger partial charge in [0.25, 0.3) is 10.0 Å². The minimum Gasteiger partial charge on any atom is -0.307 e. The zero-order valence-corrected chi connectivity index (χ0v) is 12.1. The summed E-state index contributed by atoms with van der Waals surface area (Å²) in [5, 5.41) is 2.40. The van der Waals surface area contributed by atoms with Gasteiger partial charge in [-0.05, 0) is 19.1 Å². The smallest absolute Gasteiger partial charge is 0.307 e. The number of hydrogen-bond acceptors (Lipinski definition) is 4. The Morgan fingerprint density at radius 2 is 2.00 bits per heavy atom. The Bertz CT molecular complexity index is 584. The molecule has 0 aliphatic rings. The van der Waals surface area contributed by atoms with E-state index in [4.69, 9.17) is 0 Å². The molecule has 8 heteroatoms. The van der Waals surface area contributed by atoms with E-state index in [0.717, 1.165) is 0 Å². The van der Waals surface area contributed by atoms with Crippen molar-refractivity contribution in [1.82, 2.24) is 4.72 Å². The van der Waals surface area contributed by atoms with Crippen molar-refractivity contribution >= 4 is 36.7 Å². The number of sulfonamides is 1. The average molecular weight is 299 g/mol. The molecule has 19 heavy (non-hydrogen) atoms. The topological polar surface area (TPSA) is 87.6 Å². The van der Waals surface area contributed by atoms with E-state index in [1.807, 2.05) is 4.72 Å².